The summed E-state index contributed by atoms with van der Waals surface area (Å²) in [4.78, 5) is 28.7. The van der Waals surface area contributed by atoms with Crippen molar-refractivity contribution in [1.82, 2.24) is 24.7 Å². The zero-order valence-electron chi connectivity index (χ0n) is 27.6. The summed E-state index contributed by atoms with van der Waals surface area (Å²) < 4.78 is 48.0. The number of aromatic nitrogens is 2. The summed E-state index contributed by atoms with van der Waals surface area (Å²) in [6, 6.07) is 21.0. The van der Waals surface area contributed by atoms with E-state index in [0.29, 0.717) is 51.3 Å². The van der Waals surface area contributed by atoms with E-state index in [1.807, 2.05) is 30.9 Å². The Morgan fingerprint density at radius 3 is 2.17 bits per heavy atom. The second-order valence-electron chi connectivity index (χ2n) is 12.2. The normalized spacial score (nSPS) is 18.9. The van der Waals surface area contributed by atoms with Crippen LogP contribution in [0, 0.1) is 0 Å². The predicted octanol–water partition coefficient (Wildman–Crippen LogP) is 4.48. The molecule has 3 aromatic rings. The number of hydrogen-bond acceptors (Lipinski definition) is 9. The number of nitrogens with zero attached hydrogens (tertiary/aromatic N) is 5. The van der Waals surface area contributed by atoms with Gasteiger partial charge in [-0.3, -0.25) is 14.6 Å². The molecule has 0 spiro atoms. The number of rotatable bonds is 14. The maximum Gasteiger partial charge on any atom is 0.323 e. The van der Waals surface area contributed by atoms with Crippen LogP contribution in [0.1, 0.15) is 42.9 Å². The quantitative estimate of drug-likeness (QED) is 0.250. The number of alkyl halides is 2. The van der Waals surface area contributed by atoms with Gasteiger partial charge >= 0.3 is 6.01 Å². The summed E-state index contributed by atoms with van der Waals surface area (Å²) in [6.45, 7) is 7.05. The third kappa shape index (κ3) is 8.74. The molecule has 2 unspecified atom stereocenters. The lowest BCUT2D eigenvalue weighted by Crippen LogP contribution is -2.67. The van der Waals surface area contributed by atoms with E-state index >= 15 is 0 Å². The highest BCUT2D eigenvalue weighted by Crippen LogP contribution is 2.37. The van der Waals surface area contributed by atoms with E-state index < -0.39 is 13.0 Å². The monoisotopic (exact) mass is 653 g/mol. The molecule has 5 rings (SSSR count). The Labute approximate surface area is 275 Å². The molecule has 2 aliphatic heterocycles. The number of carbonyl (C=O) groups is 1. The van der Waals surface area contributed by atoms with E-state index in [2.05, 4.69) is 68.3 Å². The number of benzene rings is 2. The number of halogens is 2. The molecule has 0 aliphatic carbocycles. The molecule has 2 saturated heterocycles. The Morgan fingerprint density at radius 1 is 0.915 bits per heavy atom. The second kappa shape index (κ2) is 16.3. The predicted molar refractivity (Wildman–Crippen MR) is 173 cm³/mol. The van der Waals surface area contributed by atoms with Crippen LogP contribution >= 0.6 is 0 Å². The van der Waals surface area contributed by atoms with Gasteiger partial charge in [-0.15, -0.1) is 0 Å². The SMILES string of the molecule is COCCC(=O)N1CCN2C(CN(Cc3c(OC)nc(OCC(F)F)nc3OC(C)C)CC2C(c2ccccc2)c2ccccc2)C1. The van der Waals surface area contributed by atoms with E-state index in [0.717, 1.165) is 6.54 Å². The van der Waals surface area contributed by atoms with Crippen LogP contribution < -0.4 is 14.2 Å². The van der Waals surface area contributed by atoms with Crippen molar-refractivity contribution in [1.29, 1.82) is 0 Å². The summed E-state index contributed by atoms with van der Waals surface area (Å²) in [5.41, 5.74) is 3.04. The number of fused-ring (bicyclic) bond motifs is 1. The van der Waals surface area contributed by atoms with Gasteiger partial charge in [-0.05, 0) is 25.0 Å². The van der Waals surface area contributed by atoms with Gasteiger partial charge in [0.1, 0.15) is 0 Å². The van der Waals surface area contributed by atoms with Crippen LogP contribution in [0.3, 0.4) is 0 Å². The van der Waals surface area contributed by atoms with Gasteiger partial charge in [0.05, 0.1) is 31.8 Å². The third-order valence-electron chi connectivity index (χ3n) is 8.61. The number of carbonyl (C=O) groups excluding carboxylic acids is 1. The summed E-state index contributed by atoms with van der Waals surface area (Å²) >= 11 is 0. The minimum atomic E-state index is -2.68. The molecule has 0 bridgehead atoms. The average Bonchev–Trinajstić information content (AvgIpc) is 3.07. The van der Waals surface area contributed by atoms with Crippen LogP contribution in [0.2, 0.25) is 0 Å². The smallest absolute Gasteiger partial charge is 0.323 e. The van der Waals surface area contributed by atoms with Crippen LogP contribution in [-0.2, 0) is 16.1 Å². The zero-order valence-corrected chi connectivity index (χ0v) is 27.6. The van der Waals surface area contributed by atoms with Gasteiger partial charge in [0.15, 0.2) is 6.61 Å². The van der Waals surface area contributed by atoms with E-state index in [-0.39, 0.29) is 47.8 Å². The van der Waals surface area contributed by atoms with Crippen LogP contribution in [0.15, 0.2) is 60.7 Å². The standard InChI is InChI=1S/C35H45F2N5O5/c1-24(2)47-34-28(33(45-4)38-35(39-34)46-23-30(36)37)21-40-19-27-20-41(31(43)15-18-44-3)16-17-42(27)29(22-40)32(25-11-7-5-8-12-25)26-13-9-6-10-14-26/h5-14,24,27,29-30,32H,15-23H2,1-4H3. The molecular weight excluding hydrogens is 608 g/mol. The fraction of sp³-hybridized carbons (Fsp3) is 0.514. The fourth-order valence-corrected chi connectivity index (χ4v) is 6.64. The van der Waals surface area contributed by atoms with E-state index in [9.17, 15) is 13.6 Å². The fourth-order valence-electron chi connectivity index (χ4n) is 6.64. The maximum atomic E-state index is 13.1. The van der Waals surface area contributed by atoms with Crippen LogP contribution in [0.25, 0.3) is 0 Å². The summed E-state index contributed by atoms with van der Waals surface area (Å²) in [7, 11) is 3.09. The second-order valence-corrected chi connectivity index (χ2v) is 12.2. The Morgan fingerprint density at radius 2 is 1.57 bits per heavy atom. The Balaban J connectivity index is 1.52. The van der Waals surface area contributed by atoms with Gasteiger partial charge in [-0.2, -0.15) is 9.97 Å². The molecule has 10 nitrogen and oxygen atoms in total. The maximum absolute atomic E-state index is 13.1. The summed E-state index contributed by atoms with van der Waals surface area (Å²) in [5.74, 6) is 0.595. The zero-order chi connectivity index (χ0) is 33.3. The highest BCUT2D eigenvalue weighted by Gasteiger charge is 2.43. The Bertz CT molecular complexity index is 1400. The van der Waals surface area contributed by atoms with Gasteiger partial charge in [0.2, 0.25) is 17.7 Å². The third-order valence-corrected chi connectivity index (χ3v) is 8.61. The van der Waals surface area contributed by atoms with Crippen molar-refractivity contribution >= 4 is 5.91 Å². The highest BCUT2D eigenvalue weighted by atomic mass is 19.3. The van der Waals surface area contributed by atoms with E-state index in [4.69, 9.17) is 18.9 Å². The molecule has 0 saturated carbocycles. The molecule has 0 radical (unpaired) electrons. The molecule has 47 heavy (non-hydrogen) atoms. The highest BCUT2D eigenvalue weighted by molar-refractivity contribution is 5.76. The van der Waals surface area contributed by atoms with Gasteiger partial charge in [-0.25, -0.2) is 8.78 Å². The molecule has 2 fully saturated rings. The number of piperazine rings is 2. The Kier molecular flexibility index (Phi) is 12.0. The minimum absolute atomic E-state index is 0.0546. The lowest BCUT2D eigenvalue weighted by Gasteiger charge is -2.53. The van der Waals surface area contributed by atoms with Crippen molar-refractivity contribution in [2.75, 3.05) is 60.2 Å². The van der Waals surface area contributed by atoms with E-state index in [1.54, 1.807) is 7.11 Å². The molecule has 2 aliphatic rings. The van der Waals surface area contributed by atoms with Crippen molar-refractivity contribution < 1.29 is 32.5 Å². The van der Waals surface area contributed by atoms with Gasteiger partial charge in [0.25, 0.3) is 6.43 Å². The molecule has 1 amide bonds. The molecule has 3 heterocycles. The molecule has 2 aromatic carbocycles. The summed E-state index contributed by atoms with van der Waals surface area (Å²) in [6.07, 6.45) is -2.57. The Hall–Kier alpha value is -3.87. The first kappa shape index (κ1) is 34.5. The minimum Gasteiger partial charge on any atom is -0.481 e. The molecule has 12 heteroatoms. The first-order valence-corrected chi connectivity index (χ1v) is 16.1. The topological polar surface area (TPSA) is 89.5 Å². The summed E-state index contributed by atoms with van der Waals surface area (Å²) in [5, 5.41) is 0. The lowest BCUT2D eigenvalue weighted by molar-refractivity contribution is -0.137. The van der Waals surface area contributed by atoms with Gasteiger partial charge < -0.3 is 23.8 Å². The van der Waals surface area contributed by atoms with Crippen LogP contribution in [0.4, 0.5) is 8.78 Å². The van der Waals surface area contributed by atoms with Crippen molar-refractivity contribution in [3.63, 3.8) is 0 Å². The number of amides is 1. The average molecular weight is 654 g/mol. The molecule has 2 atom stereocenters. The first-order chi connectivity index (χ1) is 22.8. The van der Waals surface area contributed by atoms with Crippen LogP contribution in [0.5, 0.6) is 17.8 Å². The van der Waals surface area contributed by atoms with Crippen LogP contribution in [-0.4, -0.2) is 115 Å². The van der Waals surface area contributed by atoms with Crippen molar-refractivity contribution in [2.24, 2.45) is 0 Å². The molecule has 254 valence electrons. The lowest BCUT2D eigenvalue weighted by atomic mass is 9.81. The van der Waals surface area contributed by atoms with E-state index in [1.165, 1.54) is 18.2 Å². The van der Waals surface area contributed by atoms with Crippen molar-refractivity contribution in [3.05, 3.63) is 77.4 Å². The van der Waals surface area contributed by atoms with Gasteiger partial charge in [-0.1, -0.05) is 60.7 Å². The molecule has 0 N–H and O–H groups in total. The number of ether oxygens (including phenoxy) is 4. The molecular formula is C35H45F2N5O5. The number of methoxy groups -OCH3 is 2. The molecule has 1 aromatic heterocycles. The number of hydrogen-bond donors (Lipinski definition) is 0. The van der Waals surface area contributed by atoms with Gasteiger partial charge in [0, 0.05) is 64.4 Å². The van der Waals surface area contributed by atoms with Crippen molar-refractivity contribution in [2.45, 2.75) is 57.3 Å². The largest absolute Gasteiger partial charge is 0.481 e. The first-order valence-electron chi connectivity index (χ1n) is 16.1. The van der Waals surface area contributed by atoms with Crippen molar-refractivity contribution in [3.8, 4) is 17.8 Å².